The number of rotatable bonds is 5. The van der Waals surface area contributed by atoms with Gasteiger partial charge in [-0.3, -0.25) is 9.59 Å². The molecule has 0 saturated carbocycles. The molecule has 2 amide bonds. The summed E-state index contributed by atoms with van der Waals surface area (Å²) < 4.78 is 38.7. The molecule has 0 radical (unpaired) electrons. The fourth-order valence-electron chi connectivity index (χ4n) is 2.58. The van der Waals surface area contributed by atoms with Crippen LogP contribution in [0.5, 0.6) is 0 Å². The van der Waals surface area contributed by atoms with Crippen molar-refractivity contribution in [3.05, 3.63) is 42.0 Å². The zero-order chi connectivity index (χ0) is 17.7. The first-order valence-corrected chi connectivity index (χ1v) is 7.64. The van der Waals surface area contributed by atoms with Crippen LogP contribution in [0, 0.1) is 5.92 Å². The third kappa shape index (κ3) is 4.84. The van der Waals surface area contributed by atoms with Crippen molar-refractivity contribution in [2.24, 2.45) is 5.92 Å². The second-order valence-corrected chi connectivity index (χ2v) is 5.81. The lowest BCUT2D eigenvalue weighted by Gasteiger charge is -2.19. The molecule has 1 aliphatic carbocycles. The van der Waals surface area contributed by atoms with Gasteiger partial charge in [0.1, 0.15) is 0 Å². The molecule has 1 aromatic rings. The zero-order valence-corrected chi connectivity index (χ0v) is 13.3. The standard InChI is InChI=1S/C17H19F3N2O2/c1-22(16(24)10-12-6-2-3-7-12)11-15(23)21-14-9-5-4-8-13(14)17(18,19)20/h2,4-6,8-9,12H,3,7,10-11H2,1H3,(H,21,23). The van der Waals surface area contributed by atoms with E-state index in [0.717, 1.165) is 18.9 Å². The Balaban J connectivity index is 1.93. The number of nitrogens with zero attached hydrogens (tertiary/aromatic N) is 1. The highest BCUT2D eigenvalue weighted by Gasteiger charge is 2.33. The number of carbonyl (C=O) groups is 2. The molecule has 2 rings (SSSR count). The smallest absolute Gasteiger partial charge is 0.336 e. The molecule has 1 aliphatic rings. The maximum absolute atomic E-state index is 12.9. The fraction of sp³-hybridized carbons (Fsp3) is 0.412. The number of carbonyl (C=O) groups excluding carboxylic acids is 2. The monoisotopic (exact) mass is 340 g/mol. The van der Waals surface area contributed by atoms with Crippen LogP contribution in [0.4, 0.5) is 18.9 Å². The van der Waals surface area contributed by atoms with Crippen LogP contribution >= 0.6 is 0 Å². The molecule has 1 unspecified atom stereocenters. The highest BCUT2D eigenvalue weighted by atomic mass is 19.4. The molecule has 0 aromatic heterocycles. The third-order valence-corrected chi connectivity index (χ3v) is 3.86. The second-order valence-electron chi connectivity index (χ2n) is 5.81. The number of halogens is 3. The Morgan fingerprint density at radius 3 is 2.62 bits per heavy atom. The van der Waals surface area contributed by atoms with Gasteiger partial charge in [0, 0.05) is 13.5 Å². The first-order chi connectivity index (χ1) is 11.3. The lowest BCUT2D eigenvalue weighted by atomic mass is 10.0. The minimum Gasteiger partial charge on any atom is -0.336 e. The van der Waals surface area contributed by atoms with E-state index in [-0.39, 0.29) is 24.1 Å². The van der Waals surface area contributed by atoms with E-state index < -0.39 is 17.6 Å². The van der Waals surface area contributed by atoms with Crippen LogP contribution in [0.1, 0.15) is 24.8 Å². The summed E-state index contributed by atoms with van der Waals surface area (Å²) in [7, 11) is 1.47. The lowest BCUT2D eigenvalue weighted by Crippen LogP contribution is -2.35. The van der Waals surface area contributed by atoms with Crippen molar-refractivity contribution in [1.82, 2.24) is 4.90 Å². The molecule has 4 nitrogen and oxygen atoms in total. The first kappa shape index (κ1) is 18.0. The summed E-state index contributed by atoms with van der Waals surface area (Å²) in [6, 6.07) is 4.75. The lowest BCUT2D eigenvalue weighted by molar-refractivity contribution is -0.137. The van der Waals surface area contributed by atoms with Gasteiger partial charge in [-0.2, -0.15) is 13.2 Å². The molecule has 0 aliphatic heterocycles. The molecule has 1 atom stereocenters. The van der Waals surface area contributed by atoms with Gasteiger partial charge in [0.05, 0.1) is 17.8 Å². The van der Waals surface area contributed by atoms with Crippen molar-refractivity contribution in [3.8, 4) is 0 Å². The normalized spacial score (nSPS) is 16.9. The van der Waals surface area contributed by atoms with Crippen LogP contribution in [-0.2, 0) is 15.8 Å². The highest BCUT2D eigenvalue weighted by Crippen LogP contribution is 2.34. The minimum atomic E-state index is -4.56. The maximum Gasteiger partial charge on any atom is 0.418 e. The number of nitrogens with one attached hydrogen (secondary N) is 1. The van der Waals surface area contributed by atoms with Crippen molar-refractivity contribution in [2.45, 2.75) is 25.4 Å². The van der Waals surface area contributed by atoms with E-state index in [9.17, 15) is 22.8 Å². The Labute approximate surface area is 138 Å². The van der Waals surface area contributed by atoms with Gasteiger partial charge in [-0.15, -0.1) is 0 Å². The summed E-state index contributed by atoms with van der Waals surface area (Å²) in [5.41, 5.74) is -1.22. The summed E-state index contributed by atoms with van der Waals surface area (Å²) in [5.74, 6) is -0.690. The van der Waals surface area contributed by atoms with E-state index in [1.807, 2.05) is 12.2 Å². The van der Waals surface area contributed by atoms with E-state index in [1.165, 1.54) is 30.1 Å². The number of likely N-dealkylation sites (N-methyl/N-ethyl adjacent to an activating group) is 1. The Morgan fingerprint density at radius 1 is 1.29 bits per heavy atom. The topological polar surface area (TPSA) is 49.4 Å². The Morgan fingerprint density at radius 2 is 2.00 bits per heavy atom. The van der Waals surface area contributed by atoms with E-state index in [4.69, 9.17) is 0 Å². The number of benzene rings is 1. The van der Waals surface area contributed by atoms with Crippen molar-refractivity contribution < 1.29 is 22.8 Å². The molecule has 1 N–H and O–H groups in total. The molecule has 130 valence electrons. The van der Waals surface area contributed by atoms with Gasteiger partial charge in [0.2, 0.25) is 11.8 Å². The molecular formula is C17H19F3N2O2. The first-order valence-electron chi connectivity index (χ1n) is 7.64. The predicted molar refractivity (Wildman–Crippen MR) is 84.2 cm³/mol. The molecule has 0 bridgehead atoms. The zero-order valence-electron chi connectivity index (χ0n) is 13.3. The number of amides is 2. The Hall–Kier alpha value is -2.31. The van der Waals surface area contributed by atoms with Crippen LogP contribution in [0.15, 0.2) is 36.4 Å². The van der Waals surface area contributed by atoms with Crippen LogP contribution < -0.4 is 5.32 Å². The summed E-state index contributed by atoms with van der Waals surface area (Å²) in [6.07, 6.45) is 1.59. The fourth-order valence-corrected chi connectivity index (χ4v) is 2.58. The molecule has 1 aromatic carbocycles. The number of hydrogen-bond donors (Lipinski definition) is 1. The van der Waals surface area contributed by atoms with Gasteiger partial charge in [0.15, 0.2) is 0 Å². The quantitative estimate of drug-likeness (QED) is 0.835. The number of anilines is 1. The number of para-hydroxylation sites is 1. The molecular weight excluding hydrogens is 321 g/mol. The van der Waals surface area contributed by atoms with Gasteiger partial charge >= 0.3 is 6.18 Å². The molecule has 7 heteroatoms. The van der Waals surface area contributed by atoms with Gasteiger partial charge < -0.3 is 10.2 Å². The third-order valence-electron chi connectivity index (χ3n) is 3.86. The average molecular weight is 340 g/mol. The summed E-state index contributed by atoms with van der Waals surface area (Å²) in [6.45, 7) is -0.290. The van der Waals surface area contributed by atoms with Crippen LogP contribution in [0.25, 0.3) is 0 Å². The SMILES string of the molecule is CN(CC(=O)Nc1ccccc1C(F)(F)F)C(=O)CC1C=CCC1. The van der Waals surface area contributed by atoms with E-state index in [1.54, 1.807) is 0 Å². The molecule has 0 fully saturated rings. The average Bonchev–Trinajstić information content (AvgIpc) is 2.99. The molecule has 24 heavy (non-hydrogen) atoms. The Kier molecular flexibility index (Phi) is 5.64. The molecule has 0 heterocycles. The number of hydrogen-bond acceptors (Lipinski definition) is 2. The van der Waals surface area contributed by atoms with Gasteiger partial charge in [-0.25, -0.2) is 0 Å². The highest BCUT2D eigenvalue weighted by molar-refractivity contribution is 5.95. The van der Waals surface area contributed by atoms with Crippen molar-refractivity contribution in [2.75, 3.05) is 18.9 Å². The van der Waals surface area contributed by atoms with Crippen LogP contribution in [0.2, 0.25) is 0 Å². The van der Waals surface area contributed by atoms with Crippen molar-refractivity contribution in [1.29, 1.82) is 0 Å². The van der Waals surface area contributed by atoms with E-state index in [0.29, 0.717) is 6.42 Å². The van der Waals surface area contributed by atoms with Gasteiger partial charge in [0.25, 0.3) is 0 Å². The summed E-state index contributed by atoms with van der Waals surface area (Å²) >= 11 is 0. The minimum absolute atomic E-state index is 0.175. The van der Waals surface area contributed by atoms with E-state index >= 15 is 0 Å². The largest absolute Gasteiger partial charge is 0.418 e. The Bertz CT molecular complexity index is 641. The van der Waals surface area contributed by atoms with Gasteiger partial charge in [-0.05, 0) is 30.9 Å². The number of alkyl halides is 3. The molecule has 0 saturated heterocycles. The van der Waals surface area contributed by atoms with Crippen LogP contribution in [0.3, 0.4) is 0 Å². The second kappa shape index (κ2) is 7.51. The maximum atomic E-state index is 12.9. The van der Waals surface area contributed by atoms with Crippen LogP contribution in [-0.4, -0.2) is 30.3 Å². The number of allylic oxidation sites excluding steroid dienone is 2. The van der Waals surface area contributed by atoms with E-state index in [2.05, 4.69) is 5.32 Å². The van der Waals surface area contributed by atoms with Crippen molar-refractivity contribution >= 4 is 17.5 Å². The summed E-state index contributed by atoms with van der Waals surface area (Å²) in [4.78, 5) is 25.2. The predicted octanol–water partition coefficient (Wildman–Crippen LogP) is 3.46. The molecule has 0 spiro atoms. The van der Waals surface area contributed by atoms with Crippen molar-refractivity contribution in [3.63, 3.8) is 0 Å². The van der Waals surface area contributed by atoms with Gasteiger partial charge in [-0.1, -0.05) is 24.3 Å². The summed E-state index contributed by atoms with van der Waals surface area (Å²) in [5, 5.41) is 2.23.